The number of rotatable bonds is 5. The Morgan fingerprint density at radius 2 is 1.62 bits per heavy atom. The molecule has 0 aliphatic heterocycles. The van der Waals surface area contributed by atoms with Crippen molar-refractivity contribution in [3.8, 4) is 11.5 Å². The fourth-order valence-corrected chi connectivity index (χ4v) is 2.44. The predicted octanol–water partition coefficient (Wildman–Crippen LogP) is 3.46. The SMILES string of the molecule is CCC(N)(c1cc(OC)cc(OC)c1)c1ccccc1F. The van der Waals surface area contributed by atoms with E-state index in [1.54, 1.807) is 38.5 Å². The first-order valence-electron chi connectivity index (χ1n) is 6.82. The highest BCUT2D eigenvalue weighted by molar-refractivity contribution is 5.46. The Labute approximate surface area is 124 Å². The normalized spacial score (nSPS) is 13.6. The van der Waals surface area contributed by atoms with Gasteiger partial charge in [-0.15, -0.1) is 0 Å². The van der Waals surface area contributed by atoms with Crippen molar-refractivity contribution in [2.24, 2.45) is 5.73 Å². The van der Waals surface area contributed by atoms with Gasteiger partial charge in [-0.3, -0.25) is 0 Å². The van der Waals surface area contributed by atoms with Crippen LogP contribution in [0.1, 0.15) is 24.5 Å². The second-order valence-electron chi connectivity index (χ2n) is 4.91. The Balaban J connectivity index is 2.62. The molecule has 4 heteroatoms. The number of hydrogen-bond donors (Lipinski definition) is 1. The highest BCUT2D eigenvalue weighted by Gasteiger charge is 2.31. The molecule has 0 amide bonds. The van der Waals surface area contributed by atoms with Gasteiger partial charge in [0.2, 0.25) is 0 Å². The van der Waals surface area contributed by atoms with Crippen LogP contribution in [0.4, 0.5) is 4.39 Å². The summed E-state index contributed by atoms with van der Waals surface area (Å²) >= 11 is 0. The summed E-state index contributed by atoms with van der Waals surface area (Å²) in [6.45, 7) is 1.93. The third-order valence-electron chi connectivity index (χ3n) is 3.78. The second kappa shape index (κ2) is 6.14. The minimum atomic E-state index is -0.937. The molecule has 0 spiro atoms. The molecule has 21 heavy (non-hydrogen) atoms. The number of halogens is 1. The molecule has 2 aromatic carbocycles. The highest BCUT2D eigenvalue weighted by atomic mass is 19.1. The molecule has 0 heterocycles. The lowest BCUT2D eigenvalue weighted by Crippen LogP contribution is -2.38. The maximum Gasteiger partial charge on any atom is 0.128 e. The lowest BCUT2D eigenvalue weighted by atomic mass is 9.81. The lowest BCUT2D eigenvalue weighted by molar-refractivity contribution is 0.388. The van der Waals surface area contributed by atoms with Crippen LogP contribution in [0.25, 0.3) is 0 Å². The van der Waals surface area contributed by atoms with E-state index in [1.165, 1.54) is 6.07 Å². The molecule has 0 aromatic heterocycles. The molecule has 0 saturated carbocycles. The first-order chi connectivity index (χ1) is 10.0. The second-order valence-corrected chi connectivity index (χ2v) is 4.91. The molecule has 1 atom stereocenters. The Hall–Kier alpha value is -2.07. The van der Waals surface area contributed by atoms with E-state index in [2.05, 4.69) is 0 Å². The van der Waals surface area contributed by atoms with Crippen molar-refractivity contribution in [1.82, 2.24) is 0 Å². The monoisotopic (exact) mass is 289 g/mol. The summed E-state index contributed by atoms with van der Waals surface area (Å²) in [4.78, 5) is 0. The zero-order chi connectivity index (χ0) is 15.5. The van der Waals surface area contributed by atoms with Gasteiger partial charge in [-0.25, -0.2) is 4.39 Å². The number of methoxy groups -OCH3 is 2. The summed E-state index contributed by atoms with van der Waals surface area (Å²) in [5.41, 5.74) is 6.82. The molecular weight excluding hydrogens is 269 g/mol. The maximum absolute atomic E-state index is 14.2. The van der Waals surface area contributed by atoms with Crippen LogP contribution >= 0.6 is 0 Å². The van der Waals surface area contributed by atoms with Crippen molar-refractivity contribution < 1.29 is 13.9 Å². The Morgan fingerprint density at radius 1 is 1.05 bits per heavy atom. The largest absolute Gasteiger partial charge is 0.497 e. The Kier molecular flexibility index (Phi) is 4.48. The van der Waals surface area contributed by atoms with E-state index in [0.29, 0.717) is 23.5 Å². The average molecular weight is 289 g/mol. The van der Waals surface area contributed by atoms with Crippen molar-refractivity contribution in [2.75, 3.05) is 14.2 Å². The molecule has 3 nitrogen and oxygen atoms in total. The van der Waals surface area contributed by atoms with Gasteiger partial charge in [0.05, 0.1) is 19.8 Å². The summed E-state index contributed by atoms with van der Waals surface area (Å²) in [6, 6.07) is 12.0. The van der Waals surface area contributed by atoms with Crippen molar-refractivity contribution in [3.05, 3.63) is 59.4 Å². The van der Waals surface area contributed by atoms with E-state index in [1.807, 2.05) is 19.1 Å². The van der Waals surface area contributed by atoms with Crippen LogP contribution in [0, 0.1) is 5.82 Å². The molecule has 0 fully saturated rings. The van der Waals surface area contributed by atoms with Gasteiger partial charge in [0.1, 0.15) is 17.3 Å². The van der Waals surface area contributed by atoms with Crippen LogP contribution in [-0.2, 0) is 5.54 Å². The van der Waals surface area contributed by atoms with Gasteiger partial charge in [0.15, 0.2) is 0 Å². The zero-order valence-electron chi connectivity index (χ0n) is 12.5. The standard InChI is InChI=1S/C17H20FNO2/c1-4-17(19,15-7-5-6-8-16(15)18)12-9-13(20-2)11-14(10-12)21-3/h5-11H,4,19H2,1-3H3. The third-order valence-corrected chi connectivity index (χ3v) is 3.78. The molecule has 0 aliphatic rings. The smallest absolute Gasteiger partial charge is 0.128 e. The van der Waals surface area contributed by atoms with E-state index in [-0.39, 0.29) is 5.82 Å². The van der Waals surface area contributed by atoms with Crippen molar-refractivity contribution in [3.63, 3.8) is 0 Å². The summed E-state index contributed by atoms with van der Waals surface area (Å²) in [6.07, 6.45) is 0.546. The molecule has 0 saturated heterocycles. The van der Waals surface area contributed by atoms with Crippen molar-refractivity contribution >= 4 is 0 Å². The van der Waals surface area contributed by atoms with Gasteiger partial charge >= 0.3 is 0 Å². The van der Waals surface area contributed by atoms with E-state index >= 15 is 0 Å². The van der Waals surface area contributed by atoms with Crippen LogP contribution in [0.15, 0.2) is 42.5 Å². The van der Waals surface area contributed by atoms with Gasteiger partial charge in [0, 0.05) is 11.6 Å². The molecule has 2 N–H and O–H groups in total. The van der Waals surface area contributed by atoms with Gasteiger partial charge in [-0.2, -0.15) is 0 Å². The summed E-state index contributed by atoms with van der Waals surface area (Å²) < 4.78 is 24.7. The van der Waals surface area contributed by atoms with Gasteiger partial charge < -0.3 is 15.2 Å². The molecule has 2 aromatic rings. The topological polar surface area (TPSA) is 44.5 Å². The molecule has 112 valence electrons. The van der Waals surface area contributed by atoms with Crippen LogP contribution in [0.3, 0.4) is 0 Å². The molecule has 1 unspecified atom stereocenters. The van der Waals surface area contributed by atoms with Crippen molar-refractivity contribution in [1.29, 1.82) is 0 Å². The molecule has 2 rings (SSSR count). The molecule has 0 bridgehead atoms. The minimum Gasteiger partial charge on any atom is -0.497 e. The van der Waals surface area contributed by atoms with Crippen LogP contribution in [-0.4, -0.2) is 14.2 Å². The average Bonchev–Trinajstić information content (AvgIpc) is 2.54. The maximum atomic E-state index is 14.2. The number of nitrogens with two attached hydrogens (primary N) is 1. The van der Waals surface area contributed by atoms with E-state index < -0.39 is 5.54 Å². The fraction of sp³-hybridized carbons (Fsp3) is 0.294. The Morgan fingerprint density at radius 3 is 2.10 bits per heavy atom. The fourth-order valence-electron chi connectivity index (χ4n) is 2.44. The van der Waals surface area contributed by atoms with Gasteiger partial charge in [-0.1, -0.05) is 25.1 Å². The van der Waals surface area contributed by atoms with Crippen molar-refractivity contribution in [2.45, 2.75) is 18.9 Å². The number of benzene rings is 2. The zero-order valence-corrected chi connectivity index (χ0v) is 12.5. The van der Waals surface area contributed by atoms with Crippen LogP contribution in [0.2, 0.25) is 0 Å². The predicted molar refractivity (Wildman–Crippen MR) is 81.2 cm³/mol. The first-order valence-corrected chi connectivity index (χ1v) is 6.82. The first kappa shape index (κ1) is 15.3. The quantitative estimate of drug-likeness (QED) is 0.917. The number of ether oxygens (including phenoxy) is 2. The molecule has 0 radical (unpaired) electrons. The third kappa shape index (κ3) is 2.85. The summed E-state index contributed by atoms with van der Waals surface area (Å²) in [7, 11) is 3.15. The molecule has 0 aliphatic carbocycles. The van der Waals surface area contributed by atoms with Gasteiger partial charge in [-0.05, 0) is 30.2 Å². The van der Waals surface area contributed by atoms with E-state index in [9.17, 15) is 4.39 Å². The number of hydrogen-bond acceptors (Lipinski definition) is 3. The van der Waals surface area contributed by atoms with E-state index in [0.717, 1.165) is 5.56 Å². The van der Waals surface area contributed by atoms with Crippen LogP contribution < -0.4 is 15.2 Å². The van der Waals surface area contributed by atoms with Crippen LogP contribution in [0.5, 0.6) is 11.5 Å². The Bertz CT molecular complexity index is 608. The van der Waals surface area contributed by atoms with E-state index in [4.69, 9.17) is 15.2 Å². The molecular formula is C17H20FNO2. The summed E-state index contributed by atoms with van der Waals surface area (Å²) in [5.74, 6) is 0.941. The minimum absolute atomic E-state index is 0.316. The highest BCUT2D eigenvalue weighted by Crippen LogP contribution is 2.36. The lowest BCUT2D eigenvalue weighted by Gasteiger charge is -2.30. The summed E-state index contributed by atoms with van der Waals surface area (Å²) in [5, 5.41) is 0. The van der Waals surface area contributed by atoms with Gasteiger partial charge in [0.25, 0.3) is 0 Å².